The van der Waals surface area contributed by atoms with E-state index in [0.29, 0.717) is 55.1 Å². The molecule has 7 nitrogen and oxygen atoms in total. The highest BCUT2D eigenvalue weighted by atomic mass is 35.5. The number of nitrogens with zero attached hydrogens (tertiary/aromatic N) is 1. The number of ketones is 2. The zero-order valence-electron chi connectivity index (χ0n) is 19.3. The maximum Gasteiger partial charge on any atom is 0.229 e. The molecule has 0 aromatic heterocycles. The van der Waals surface area contributed by atoms with E-state index in [4.69, 9.17) is 38.4 Å². The Bertz CT molecular complexity index is 985. The van der Waals surface area contributed by atoms with E-state index in [-0.39, 0.29) is 12.5 Å². The highest BCUT2D eigenvalue weighted by Crippen LogP contribution is 2.38. The van der Waals surface area contributed by atoms with Gasteiger partial charge < -0.3 is 25.4 Å². The monoisotopic (exact) mass is 507 g/mol. The van der Waals surface area contributed by atoms with Crippen molar-refractivity contribution in [3.63, 3.8) is 0 Å². The van der Waals surface area contributed by atoms with E-state index in [0.717, 1.165) is 29.8 Å². The van der Waals surface area contributed by atoms with Crippen LogP contribution in [0.25, 0.3) is 0 Å². The van der Waals surface area contributed by atoms with Gasteiger partial charge in [-0.05, 0) is 35.9 Å². The molecule has 0 saturated carbocycles. The van der Waals surface area contributed by atoms with Crippen molar-refractivity contribution in [2.45, 2.75) is 12.5 Å². The lowest BCUT2D eigenvalue weighted by atomic mass is 9.84. The fraction of sp³-hybridized carbons (Fsp3) is 0.440. The Morgan fingerprint density at radius 1 is 1.09 bits per heavy atom. The first kappa shape index (κ1) is 26.8. The van der Waals surface area contributed by atoms with Crippen molar-refractivity contribution < 1.29 is 19.1 Å². The summed E-state index contributed by atoms with van der Waals surface area (Å²) in [7, 11) is 2.05. The van der Waals surface area contributed by atoms with Crippen molar-refractivity contribution in [1.82, 2.24) is 10.2 Å². The van der Waals surface area contributed by atoms with Gasteiger partial charge in [-0.1, -0.05) is 47.5 Å². The smallest absolute Gasteiger partial charge is 0.229 e. The molecule has 0 amide bonds. The summed E-state index contributed by atoms with van der Waals surface area (Å²) in [5, 5.41) is 4.21. The number of rotatable bonds is 13. The Hall–Kier alpha value is -1.84. The molecule has 0 fully saturated rings. The van der Waals surface area contributed by atoms with Gasteiger partial charge in [0.1, 0.15) is 0 Å². The van der Waals surface area contributed by atoms with Crippen LogP contribution >= 0.6 is 23.2 Å². The van der Waals surface area contributed by atoms with Crippen LogP contribution in [0.3, 0.4) is 0 Å². The van der Waals surface area contributed by atoms with Crippen LogP contribution in [0.2, 0.25) is 10.0 Å². The zero-order valence-corrected chi connectivity index (χ0v) is 20.8. The summed E-state index contributed by atoms with van der Waals surface area (Å²) in [5.74, 6) is -0.921. The molecule has 0 radical (unpaired) electrons. The molecule has 1 unspecified atom stereocenters. The number of fused-ring (bicyclic) bond motifs is 1. The first-order chi connectivity index (χ1) is 16.4. The Labute approximate surface area is 210 Å². The number of likely N-dealkylation sites (N-methyl/N-ethyl adjacent to an activating group) is 1. The third kappa shape index (κ3) is 7.33. The summed E-state index contributed by atoms with van der Waals surface area (Å²) in [5.41, 5.74) is 8.91. The minimum atomic E-state index is -0.512. The first-order valence-electron chi connectivity index (χ1n) is 11.3. The van der Waals surface area contributed by atoms with Crippen LogP contribution in [0.1, 0.15) is 33.0 Å². The van der Waals surface area contributed by atoms with Crippen LogP contribution < -0.4 is 11.1 Å². The molecule has 3 N–H and O–H groups in total. The van der Waals surface area contributed by atoms with Crippen molar-refractivity contribution in [3.8, 4) is 0 Å². The lowest BCUT2D eigenvalue weighted by Gasteiger charge is -2.33. The largest absolute Gasteiger partial charge is 0.378 e. The average molecular weight is 508 g/mol. The van der Waals surface area contributed by atoms with E-state index >= 15 is 0 Å². The molecule has 184 valence electrons. The number of benzene rings is 2. The van der Waals surface area contributed by atoms with Crippen molar-refractivity contribution >= 4 is 34.8 Å². The van der Waals surface area contributed by atoms with Crippen LogP contribution in [-0.4, -0.2) is 76.1 Å². The first-order valence-corrected chi connectivity index (χ1v) is 12.1. The Balaban J connectivity index is 1.53. The van der Waals surface area contributed by atoms with Gasteiger partial charge in [0.15, 0.2) is 0 Å². The summed E-state index contributed by atoms with van der Waals surface area (Å²) in [4.78, 5) is 27.1. The molecule has 2 aromatic rings. The summed E-state index contributed by atoms with van der Waals surface area (Å²) in [6.45, 7) is 4.35. The van der Waals surface area contributed by atoms with E-state index in [1.807, 2.05) is 25.2 Å². The molecular weight excluding hydrogens is 477 g/mol. The summed E-state index contributed by atoms with van der Waals surface area (Å²) >= 11 is 12.7. The SMILES string of the molecule is CN1Cc2c(Cl)cc(Cl)cc2C(c2ccc(C(=O)C(=O)CNCCOCCOCCN)cc2)C1. The molecule has 0 saturated heterocycles. The lowest BCUT2D eigenvalue weighted by molar-refractivity contribution is -0.114. The normalized spacial score (nSPS) is 15.8. The molecular formula is C25H31Cl2N3O4. The number of Topliss-reactive ketones (excluding diaryl/α,β-unsaturated/α-hetero) is 2. The fourth-order valence-corrected chi connectivity index (χ4v) is 4.56. The maximum atomic E-state index is 12.5. The number of hydrogen-bond donors (Lipinski definition) is 2. The van der Waals surface area contributed by atoms with Crippen molar-refractivity contribution in [3.05, 3.63) is 68.7 Å². The molecule has 2 aromatic carbocycles. The third-order valence-electron chi connectivity index (χ3n) is 5.66. The van der Waals surface area contributed by atoms with E-state index < -0.39 is 11.6 Å². The van der Waals surface area contributed by atoms with Crippen LogP contribution in [0.15, 0.2) is 36.4 Å². The van der Waals surface area contributed by atoms with Crippen LogP contribution in [-0.2, 0) is 20.8 Å². The topological polar surface area (TPSA) is 93.9 Å². The second kappa shape index (κ2) is 13.3. The highest BCUT2D eigenvalue weighted by molar-refractivity contribution is 6.44. The molecule has 3 rings (SSSR count). The summed E-state index contributed by atoms with van der Waals surface area (Å²) in [6, 6.07) is 10.9. The second-order valence-corrected chi connectivity index (χ2v) is 9.11. The lowest BCUT2D eigenvalue weighted by Crippen LogP contribution is -2.32. The highest BCUT2D eigenvalue weighted by Gasteiger charge is 2.27. The van der Waals surface area contributed by atoms with Crippen LogP contribution in [0.5, 0.6) is 0 Å². The van der Waals surface area contributed by atoms with E-state index in [1.54, 1.807) is 18.2 Å². The van der Waals surface area contributed by atoms with Crippen LogP contribution in [0, 0.1) is 0 Å². The molecule has 1 aliphatic rings. The zero-order chi connectivity index (χ0) is 24.5. The molecule has 0 aliphatic carbocycles. The van der Waals surface area contributed by atoms with E-state index in [2.05, 4.69) is 10.2 Å². The van der Waals surface area contributed by atoms with Gasteiger partial charge in [0, 0.05) is 47.7 Å². The van der Waals surface area contributed by atoms with Gasteiger partial charge in [0.25, 0.3) is 0 Å². The molecule has 9 heteroatoms. The quantitative estimate of drug-likeness (QED) is 0.244. The standard InChI is InChI=1S/C25H31Cl2N3O4/c1-30-15-21(20-12-19(26)13-23(27)22(20)16-30)17-2-4-18(5-3-17)25(32)24(31)14-29-7-9-34-11-10-33-8-6-28/h2-5,12-13,21,29H,6-11,14-16,28H2,1H3. The predicted molar refractivity (Wildman–Crippen MR) is 134 cm³/mol. The molecule has 34 heavy (non-hydrogen) atoms. The van der Waals surface area contributed by atoms with Gasteiger partial charge in [-0.3, -0.25) is 9.59 Å². The summed E-state index contributed by atoms with van der Waals surface area (Å²) < 4.78 is 10.6. The van der Waals surface area contributed by atoms with Crippen molar-refractivity contribution in [1.29, 1.82) is 0 Å². The number of hydrogen-bond acceptors (Lipinski definition) is 7. The summed E-state index contributed by atoms with van der Waals surface area (Å²) in [6.07, 6.45) is 0. The van der Waals surface area contributed by atoms with E-state index in [1.165, 1.54) is 0 Å². The number of ether oxygens (including phenoxy) is 2. The maximum absolute atomic E-state index is 12.5. The van der Waals surface area contributed by atoms with Crippen LogP contribution in [0.4, 0.5) is 0 Å². The Kier molecular flexibility index (Phi) is 10.5. The fourth-order valence-electron chi connectivity index (χ4n) is 3.99. The van der Waals surface area contributed by atoms with Gasteiger partial charge in [-0.25, -0.2) is 0 Å². The molecule has 1 atom stereocenters. The minimum absolute atomic E-state index is 0.0363. The van der Waals surface area contributed by atoms with Gasteiger partial charge in [0.05, 0.1) is 33.0 Å². The Morgan fingerprint density at radius 3 is 2.50 bits per heavy atom. The van der Waals surface area contributed by atoms with E-state index in [9.17, 15) is 9.59 Å². The average Bonchev–Trinajstić information content (AvgIpc) is 2.82. The van der Waals surface area contributed by atoms with Gasteiger partial charge in [-0.15, -0.1) is 0 Å². The number of carbonyl (C=O) groups excluding carboxylic acids is 2. The Morgan fingerprint density at radius 2 is 1.79 bits per heavy atom. The number of carbonyl (C=O) groups is 2. The predicted octanol–water partition coefficient (Wildman–Crippen LogP) is 2.90. The van der Waals surface area contributed by atoms with Crippen molar-refractivity contribution in [2.24, 2.45) is 5.73 Å². The number of halogens is 2. The molecule has 1 heterocycles. The number of nitrogens with two attached hydrogens (primary N) is 1. The second-order valence-electron chi connectivity index (χ2n) is 8.27. The van der Waals surface area contributed by atoms with Crippen molar-refractivity contribution in [2.75, 3.05) is 59.7 Å². The number of nitrogens with one attached hydrogen (secondary N) is 1. The minimum Gasteiger partial charge on any atom is -0.378 e. The molecule has 1 aliphatic heterocycles. The van der Waals surface area contributed by atoms with Gasteiger partial charge in [0.2, 0.25) is 11.6 Å². The molecule has 0 spiro atoms. The molecule has 0 bridgehead atoms. The third-order valence-corrected chi connectivity index (χ3v) is 6.22. The van der Waals surface area contributed by atoms with Gasteiger partial charge >= 0.3 is 0 Å². The van der Waals surface area contributed by atoms with Gasteiger partial charge in [-0.2, -0.15) is 0 Å².